The molecule has 0 bridgehead atoms. The van der Waals surface area contributed by atoms with Crippen LogP contribution in [0.3, 0.4) is 0 Å². The van der Waals surface area contributed by atoms with E-state index in [1.807, 2.05) is 30.3 Å². The van der Waals surface area contributed by atoms with Crippen molar-refractivity contribution in [2.75, 3.05) is 11.1 Å². The molecule has 20 heavy (non-hydrogen) atoms. The van der Waals surface area contributed by atoms with Crippen LogP contribution >= 0.6 is 11.5 Å². The molecule has 0 spiro atoms. The summed E-state index contributed by atoms with van der Waals surface area (Å²) in [6.07, 6.45) is 3.51. The van der Waals surface area contributed by atoms with Crippen LogP contribution in [0.5, 0.6) is 0 Å². The number of aromatic nitrogens is 2. The van der Waals surface area contributed by atoms with E-state index in [4.69, 9.17) is 5.73 Å². The molecule has 1 aromatic carbocycles. The lowest BCUT2D eigenvalue weighted by molar-refractivity contribution is 1.16. The van der Waals surface area contributed by atoms with Gasteiger partial charge in [-0.1, -0.05) is 30.3 Å². The molecule has 0 aliphatic rings. The highest BCUT2D eigenvalue weighted by molar-refractivity contribution is 7.11. The number of nitrogen functional groups attached to an aromatic ring is 1. The topological polar surface area (TPSA) is 63.8 Å². The number of nitrogens with one attached hydrogen (secondary N) is 1. The summed E-state index contributed by atoms with van der Waals surface area (Å²) in [6.45, 7) is 0.751. The zero-order chi connectivity index (χ0) is 13.8. The molecule has 3 rings (SSSR count). The molecule has 2 heterocycles. The highest BCUT2D eigenvalue weighted by atomic mass is 32.1. The normalized spacial score (nSPS) is 10.4. The van der Waals surface area contributed by atoms with Crippen molar-refractivity contribution in [3.05, 3.63) is 60.4 Å². The number of rotatable bonds is 4. The molecule has 100 valence electrons. The van der Waals surface area contributed by atoms with Gasteiger partial charge < -0.3 is 11.1 Å². The molecule has 0 atom stereocenters. The minimum absolute atomic E-state index is 0.553. The molecule has 0 saturated carbocycles. The first-order valence-electron chi connectivity index (χ1n) is 6.28. The van der Waals surface area contributed by atoms with Crippen molar-refractivity contribution < 1.29 is 0 Å². The van der Waals surface area contributed by atoms with E-state index < -0.39 is 0 Å². The summed E-state index contributed by atoms with van der Waals surface area (Å²) >= 11 is 1.38. The summed E-state index contributed by atoms with van der Waals surface area (Å²) in [7, 11) is 0. The van der Waals surface area contributed by atoms with E-state index in [0.29, 0.717) is 5.82 Å². The van der Waals surface area contributed by atoms with Crippen molar-refractivity contribution in [1.82, 2.24) is 9.36 Å². The lowest BCUT2D eigenvalue weighted by Crippen LogP contribution is -1.99. The smallest absolute Gasteiger partial charge is 0.147 e. The van der Waals surface area contributed by atoms with Crippen LogP contribution in [0.4, 0.5) is 10.8 Å². The number of nitrogens with two attached hydrogens (primary N) is 1. The molecule has 3 N–H and O–H groups in total. The Labute approximate surface area is 121 Å². The Morgan fingerprint density at radius 3 is 2.55 bits per heavy atom. The lowest BCUT2D eigenvalue weighted by atomic mass is 10.1. The number of benzene rings is 1. The van der Waals surface area contributed by atoms with Crippen LogP contribution in [0, 0.1) is 0 Å². The van der Waals surface area contributed by atoms with Crippen molar-refractivity contribution in [2.24, 2.45) is 0 Å². The first-order valence-corrected chi connectivity index (χ1v) is 7.05. The molecular weight excluding hydrogens is 268 g/mol. The standard InChI is InChI=1S/C15H14N4S/c16-14-13(12-6-8-17-9-7-12)15(20-19-14)18-10-11-4-2-1-3-5-11/h1-9,18H,10H2,(H2,16,19). The van der Waals surface area contributed by atoms with E-state index in [0.717, 1.165) is 22.7 Å². The number of nitrogens with zero attached hydrogens (tertiary/aromatic N) is 2. The van der Waals surface area contributed by atoms with Gasteiger partial charge in [0, 0.05) is 18.9 Å². The third-order valence-electron chi connectivity index (χ3n) is 2.98. The van der Waals surface area contributed by atoms with Gasteiger partial charge in [0.05, 0.1) is 5.56 Å². The van der Waals surface area contributed by atoms with Crippen molar-refractivity contribution in [3.8, 4) is 11.1 Å². The monoisotopic (exact) mass is 282 g/mol. The number of anilines is 2. The number of pyridine rings is 1. The maximum absolute atomic E-state index is 5.98. The Balaban J connectivity index is 1.85. The van der Waals surface area contributed by atoms with Gasteiger partial charge in [-0.15, -0.1) is 0 Å². The molecule has 0 aliphatic heterocycles. The summed E-state index contributed by atoms with van der Waals surface area (Å²) in [4.78, 5) is 4.03. The Bertz CT molecular complexity index is 680. The molecule has 3 aromatic rings. The van der Waals surface area contributed by atoms with Crippen LogP contribution in [-0.2, 0) is 6.54 Å². The summed E-state index contributed by atoms with van der Waals surface area (Å²) in [5.74, 6) is 0.553. The second-order valence-electron chi connectivity index (χ2n) is 4.35. The fourth-order valence-electron chi connectivity index (χ4n) is 2.00. The van der Waals surface area contributed by atoms with E-state index in [2.05, 4.69) is 26.8 Å². The second-order valence-corrected chi connectivity index (χ2v) is 5.12. The van der Waals surface area contributed by atoms with Crippen LogP contribution < -0.4 is 11.1 Å². The predicted molar refractivity (Wildman–Crippen MR) is 83.5 cm³/mol. The highest BCUT2D eigenvalue weighted by Gasteiger charge is 2.13. The minimum atomic E-state index is 0.553. The number of hydrogen-bond donors (Lipinski definition) is 2. The van der Waals surface area contributed by atoms with Crippen molar-refractivity contribution in [1.29, 1.82) is 0 Å². The van der Waals surface area contributed by atoms with E-state index in [1.54, 1.807) is 12.4 Å². The Hall–Kier alpha value is -2.40. The fourth-order valence-corrected chi connectivity index (χ4v) is 2.73. The van der Waals surface area contributed by atoms with Gasteiger partial charge in [0.1, 0.15) is 10.8 Å². The fraction of sp³-hybridized carbons (Fsp3) is 0.0667. The van der Waals surface area contributed by atoms with Crippen LogP contribution in [0.2, 0.25) is 0 Å². The average Bonchev–Trinajstić information content (AvgIpc) is 2.88. The first-order chi connectivity index (χ1) is 9.84. The lowest BCUT2D eigenvalue weighted by Gasteiger charge is -2.07. The molecule has 0 aliphatic carbocycles. The van der Waals surface area contributed by atoms with Gasteiger partial charge >= 0.3 is 0 Å². The van der Waals surface area contributed by atoms with Gasteiger partial charge in [0.2, 0.25) is 0 Å². The predicted octanol–water partition coefficient (Wildman–Crippen LogP) is 3.40. The molecule has 0 radical (unpaired) electrons. The summed E-state index contributed by atoms with van der Waals surface area (Å²) < 4.78 is 4.24. The Kier molecular flexibility index (Phi) is 3.60. The van der Waals surface area contributed by atoms with E-state index in [1.165, 1.54) is 17.1 Å². The van der Waals surface area contributed by atoms with Crippen LogP contribution in [0.1, 0.15) is 5.56 Å². The summed E-state index contributed by atoms with van der Waals surface area (Å²) in [5.41, 5.74) is 9.19. The van der Waals surface area contributed by atoms with E-state index in [9.17, 15) is 0 Å². The third-order valence-corrected chi connectivity index (χ3v) is 3.80. The average molecular weight is 282 g/mol. The largest absolute Gasteiger partial charge is 0.382 e. The quantitative estimate of drug-likeness (QED) is 0.770. The van der Waals surface area contributed by atoms with Crippen LogP contribution in [0.25, 0.3) is 11.1 Å². The van der Waals surface area contributed by atoms with Gasteiger partial charge in [0.25, 0.3) is 0 Å². The molecular formula is C15H14N4S. The molecule has 0 fully saturated rings. The minimum Gasteiger partial charge on any atom is -0.382 e. The third kappa shape index (κ3) is 2.62. The summed E-state index contributed by atoms with van der Waals surface area (Å²) in [5, 5.41) is 4.39. The van der Waals surface area contributed by atoms with Crippen LogP contribution in [-0.4, -0.2) is 9.36 Å². The van der Waals surface area contributed by atoms with Gasteiger partial charge in [-0.05, 0) is 34.8 Å². The number of hydrogen-bond acceptors (Lipinski definition) is 5. The Morgan fingerprint density at radius 2 is 1.80 bits per heavy atom. The van der Waals surface area contributed by atoms with E-state index in [-0.39, 0.29) is 0 Å². The van der Waals surface area contributed by atoms with Gasteiger partial charge in [-0.3, -0.25) is 4.98 Å². The maximum Gasteiger partial charge on any atom is 0.147 e. The Morgan fingerprint density at radius 1 is 1.05 bits per heavy atom. The molecule has 5 heteroatoms. The SMILES string of the molecule is Nc1nsc(NCc2ccccc2)c1-c1ccncc1. The molecule has 4 nitrogen and oxygen atoms in total. The highest BCUT2D eigenvalue weighted by Crippen LogP contribution is 2.36. The van der Waals surface area contributed by atoms with Gasteiger partial charge in [-0.2, -0.15) is 4.37 Å². The maximum atomic E-state index is 5.98. The molecule has 0 unspecified atom stereocenters. The second kappa shape index (κ2) is 5.71. The molecule has 0 saturated heterocycles. The van der Waals surface area contributed by atoms with Crippen LogP contribution in [0.15, 0.2) is 54.9 Å². The zero-order valence-electron chi connectivity index (χ0n) is 10.8. The van der Waals surface area contributed by atoms with E-state index >= 15 is 0 Å². The molecule has 2 aromatic heterocycles. The zero-order valence-corrected chi connectivity index (χ0v) is 11.6. The van der Waals surface area contributed by atoms with Crippen molar-refractivity contribution >= 4 is 22.4 Å². The van der Waals surface area contributed by atoms with Gasteiger partial charge in [-0.25, -0.2) is 0 Å². The first kappa shape index (κ1) is 12.6. The van der Waals surface area contributed by atoms with Crippen molar-refractivity contribution in [3.63, 3.8) is 0 Å². The van der Waals surface area contributed by atoms with Crippen molar-refractivity contribution in [2.45, 2.75) is 6.54 Å². The molecule has 0 amide bonds. The summed E-state index contributed by atoms with van der Waals surface area (Å²) in [6, 6.07) is 14.1. The van der Waals surface area contributed by atoms with Gasteiger partial charge in [0.15, 0.2) is 0 Å².